The van der Waals surface area contributed by atoms with Crippen LogP contribution in [-0.4, -0.2) is 22.9 Å². The van der Waals surface area contributed by atoms with E-state index in [0.717, 1.165) is 6.42 Å². The van der Waals surface area contributed by atoms with Crippen LogP contribution in [0.1, 0.15) is 79.6 Å². The molecule has 0 fully saturated rings. The molecular weight excluding hydrogens is 236 g/mol. The molecule has 2 nitrogen and oxygen atoms in total. The first-order valence-corrected chi connectivity index (χ1v) is 8.11. The van der Waals surface area contributed by atoms with Gasteiger partial charge in [-0.05, 0) is 17.8 Å². The molecule has 0 saturated carbocycles. The minimum atomic E-state index is -0.379. The van der Waals surface area contributed by atoms with E-state index in [1.807, 2.05) is 0 Å². The van der Waals surface area contributed by atoms with Gasteiger partial charge in [-0.25, -0.2) is 0 Å². The molecule has 0 aliphatic rings. The molecule has 0 radical (unpaired) electrons. The molecule has 0 bridgehead atoms. The van der Waals surface area contributed by atoms with Gasteiger partial charge in [0.05, 0.1) is 6.10 Å². The first-order valence-electron chi connectivity index (χ1n) is 8.11. The minimum absolute atomic E-state index is 0.0185. The maximum atomic E-state index is 10.3. The van der Waals surface area contributed by atoms with E-state index < -0.39 is 0 Å². The highest BCUT2D eigenvalue weighted by molar-refractivity contribution is 4.80. The Balaban J connectivity index is 3.93. The lowest BCUT2D eigenvalue weighted by molar-refractivity contribution is -0.00683. The average Bonchev–Trinajstić information content (AvgIpc) is 2.27. The summed E-state index contributed by atoms with van der Waals surface area (Å²) < 4.78 is 0. The Hall–Kier alpha value is -0.0800. The lowest BCUT2D eigenvalue weighted by Crippen LogP contribution is -2.36. The number of hydrogen-bond donors (Lipinski definition) is 2. The monoisotopic (exact) mass is 272 g/mol. The summed E-state index contributed by atoms with van der Waals surface area (Å²) in [5.74, 6) is 0.531. The van der Waals surface area contributed by atoms with E-state index in [1.165, 1.54) is 38.5 Å². The van der Waals surface area contributed by atoms with Crippen LogP contribution in [0.4, 0.5) is 0 Å². The van der Waals surface area contributed by atoms with Gasteiger partial charge >= 0.3 is 0 Å². The maximum Gasteiger partial charge on any atom is 0.0597 e. The molecule has 0 aliphatic heterocycles. The van der Waals surface area contributed by atoms with Gasteiger partial charge in [0.25, 0.3) is 0 Å². The Morgan fingerprint density at radius 2 is 1.58 bits per heavy atom. The van der Waals surface area contributed by atoms with E-state index in [1.54, 1.807) is 0 Å². The van der Waals surface area contributed by atoms with E-state index in [0.29, 0.717) is 5.92 Å². The zero-order chi connectivity index (χ0) is 14.9. The summed E-state index contributed by atoms with van der Waals surface area (Å²) in [5, 5.41) is 19.8. The molecule has 3 unspecified atom stereocenters. The second-order valence-corrected chi connectivity index (χ2v) is 7.27. The van der Waals surface area contributed by atoms with Crippen LogP contribution >= 0.6 is 0 Å². The summed E-state index contributed by atoms with van der Waals surface area (Å²) in [5.41, 5.74) is -0.0327. The van der Waals surface area contributed by atoms with Gasteiger partial charge < -0.3 is 10.2 Å². The molecule has 0 amide bonds. The number of aliphatic hydroxyl groups is 2. The molecule has 2 heteroatoms. The third-order valence-electron chi connectivity index (χ3n) is 4.22. The molecular formula is C17H36O2. The lowest BCUT2D eigenvalue weighted by atomic mass is 9.75. The molecule has 116 valence electrons. The van der Waals surface area contributed by atoms with Gasteiger partial charge in [0.15, 0.2) is 0 Å². The van der Waals surface area contributed by atoms with Crippen LogP contribution in [0.25, 0.3) is 0 Å². The summed E-state index contributed by atoms with van der Waals surface area (Å²) in [6.07, 6.45) is 8.19. The van der Waals surface area contributed by atoms with Gasteiger partial charge in [0.1, 0.15) is 0 Å². The van der Waals surface area contributed by atoms with Crippen molar-refractivity contribution < 1.29 is 10.2 Å². The summed E-state index contributed by atoms with van der Waals surface area (Å²) in [6.45, 7) is 10.8. The van der Waals surface area contributed by atoms with Gasteiger partial charge in [-0.1, -0.05) is 73.1 Å². The molecule has 0 rings (SSSR count). The lowest BCUT2D eigenvalue weighted by Gasteiger charge is -2.34. The van der Waals surface area contributed by atoms with Gasteiger partial charge in [0, 0.05) is 12.5 Å². The molecule has 0 spiro atoms. The van der Waals surface area contributed by atoms with Crippen LogP contribution in [0, 0.1) is 17.3 Å². The fourth-order valence-electron chi connectivity index (χ4n) is 2.76. The summed E-state index contributed by atoms with van der Waals surface area (Å²) in [7, 11) is 0. The molecule has 0 saturated heterocycles. The van der Waals surface area contributed by atoms with Crippen LogP contribution in [0.5, 0.6) is 0 Å². The Bertz CT molecular complexity index is 208. The standard InChI is InChI=1S/C17H36O2/c1-6-7-8-9-10-11-14(2)12-16(19)15(13-18)17(3,4)5/h14-16,18-19H,6-13H2,1-5H3. The number of aliphatic hydroxyl groups excluding tert-OH is 2. The minimum Gasteiger partial charge on any atom is -0.396 e. The summed E-state index contributed by atoms with van der Waals surface area (Å²) >= 11 is 0. The largest absolute Gasteiger partial charge is 0.396 e. The van der Waals surface area contributed by atoms with Gasteiger partial charge in [-0.15, -0.1) is 0 Å². The van der Waals surface area contributed by atoms with E-state index in [-0.39, 0.29) is 24.0 Å². The van der Waals surface area contributed by atoms with Crippen LogP contribution in [0.2, 0.25) is 0 Å². The second-order valence-electron chi connectivity index (χ2n) is 7.27. The molecule has 2 N–H and O–H groups in total. The van der Waals surface area contributed by atoms with Crippen molar-refractivity contribution in [3.8, 4) is 0 Å². The maximum absolute atomic E-state index is 10.3. The van der Waals surface area contributed by atoms with Crippen molar-refractivity contribution in [2.75, 3.05) is 6.61 Å². The highest BCUT2D eigenvalue weighted by atomic mass is 16.3. The normalized spacial score (nSPS) is 17.2. The highest BCUT2D eigenvalue weighted by Crippen LogP contribution is 2.31. The van der Waals surface area contributed by atoms with Crippen molar-refractivity contribution in [2.45, 2.75) is 85.7 Å². The van der Waals surface area contributed by atoms with E-state index in [2.05, 4.69) is 34.6 Å². The van der Waals surface area contributed by atoms with Crippen molar-refractivity contribution in [2.24, 2.45) is 17.3 Å². The molecule has 19 heavy (non-hydrogen) atoms. The smallest absolute Gasteiger partial charge is 0.0597 e. The van der Waals surface area contributed by atoms with Gasteiger partial charge in [0.2, 0.25) is 0 Å². The van der Waals surface area contributed by atoms with Crippen LogP contribution in [0.15, 0.2) is 0 Å². The van der Waals surface area contributed by atoms with Crippen molar-refractivity contribution in [1.29, 1.82) is 0 Å². The van der Waals surface area contributed by atoms with Crippen LogP contribution in [0.3, 0.4) is 0 Å². The Morgan fingerprint density at radius 1 is 1.00 bits per heavy atom. The van der Waals surface area contributed by atoms with Gasteiger partial charge in [-0.3, -0.25) is 0 Å². The molecule has 0 aromatic heterocycles. The highest BCUT2D eigenvalue weighted by Gasteiger charge is 2.31. The van der Waals surface area contributed by atoms with Crippen LogP contribution in [-0.2, 0) is 0 Å². The predicted molar refractivity (Wildman–Crippen MR) is 83.2 cm³/mol. The number of unbranched alkanes of at least 4 members (excludes halogenated alkanes) is 4. The fraction of sp³-hybridized carbons (Fsp3) is 1.00. The number of hydrogen-bond acceptors (Lipinski definition) is 2. The molecule has 0 aliphatic carbocycles. The third-order valence-corrected chi connectivity index (χ3v) is 4.22. The average molecular weight is 272 g/mol. The quantitative estimate of drug-likeness (QED) is 0.579. The van der Waals surface area contributed by atoms with Crippen molar-refractivity contribution >= 4 is 0 Å². The Labute approximate surface area is 120 Å². The van der Waals surface area contributed by atoms with E-state index in [9.17, 15) is 10.2 Å². The first-order chi connectivity index (χ1) is 8.82. The molecule has 0 aromatic rings. The van der Waals surface area contributed by atoms with Crippen molar-refractivity contribution in [3.63, 3.8) is 0 Å². The molecule has 0 heterocycles. The fourth-order valence-corrected chi connectivity index (χ4v) is 2.76. The zero-order valence-electron chi connectivity index (χ0n) is 13.8. The molecule has 3 atom stereocenters. The van der Waals surface area contributed by atoms with Crippen molar-refractivity contribution in [1.82, 2.24) is 0 Å². The SMILES string of the molecule is CCCCCCCC(C)CC(O)C(CO)C(C)(C)C. The van der Waals surface area contributed by atoms with Crippen LogP contribution < -0.4 is 0 Å². The third kappa shape index (κ3) is 8.65. The first kappa shape index (κ1) is 18.9. The summed E-state index contributed by atoms with van der Waals surface area (Å²) in [6, 6.07) is 0. The Morgan fingerprint density at radius 3 is 2.05 bits per heavy atom. The second kappa shape index (κ2) is 9.77. The number of rotatable bonds is 10. The Kier molecular flexibility index (Phi) is 9.72. The molecule has 0 aromatic carbocycles. The predicted octanol–water partition coefficient (Wildman–Crippen LogP) is 4.39. The van der Waals surface area contributed by atoms with E-state index >= 15 is 0 Å². The topological polar surface area (TPSA) is 40.5 Å². The summed E-state index contributed by atoms with van der Waals surface area (Å²) in [4.78, 5) is 0. The zero-order valence-corrected chi connectivity index (χ0v) is 13.8. The van der Waals surface area contributed by atoms with Crippen molar-refractivity contribution in [3.05, 3.63) is 0 Å². The van der Waals surface area contributed by atoms with Gasteiger partial charge in [-0.2, -0.15) is 0 Å². The van der Waals surface area contributed by atoms with E-state index in [4.69, 9.17) is 0 Å².